The Kier molecular flexibility index (Phi) is 6.00. The molecule has 194 valence electrons. The zero-order chi connectivity index (χ0) is 26.3. The SMILES string of the molecule is CC(=O)[C@@]1(OC(=O)c2ccccc2)[C@@H](C)C[C@H]2[C@@H]3C[C@H](C)C4=CC(=O)CC[C@]4(C)[C@@]3(Br)[C@@H](O)C[C@@]21C. The van der Waals surface area contributed by atoms with Crippen LogP contribution in [0.2, 0.25) is 0 Å². The summed E-state index contributed by atoms with van der Waals surface area (Å²) in [7, 11) is 0. The average Bonchev–Trinajstić information content (AvgIpc) is 3.05. The maximum Gasteiger partial charge on any atom is 0.339 e. The van der Waals surface area contributed by atoms with Gasteiger partial charge in [0.2, 0.25) is 0 Å². The van der Waals surface area contributed by atoms with Gasteiger partial charge in [-0.15, -0.1) is 0 Å². The fourth-order valence-corrected chi connectivity index (χ4v) is 10.2. The molecule has 1 aromatic rings. The van der Waals surface area contributed by atoms with E-state index in [-0.39, 0.29) is 40.7 Å². The first kappa shape index (κ1) is 25.8. The molecule has 3 fully saturated rings. The van der Waals surface area contributed by atoms with Gasteiger partial charge in [-0.2, -0.15) is 0 Å². The highest BCUT2D eigenvalue weighted by molar-refractivity contribution is 9.10. The maximum atomic E-state index is 13.5. The summed E-state index contributed by atoms with van der Waals surface area (Å²) in [5, 5.41) is 12.0. The molecule has 1 aromatic carbocycles. The summed E-state index contributed by atoms with van der Waals surface area (Å²) in [4.78, 5) is 39.2. The van der Waals surface area contributed by atoms with Gasteiger partial charge in [-0.25, -0.2) is 4.79 Å². The molecule has 0 unspecified atom stereocenters. The molecular formula is C30H37BrO5. The number of Topliss-reactive ketones (excluding diaryl/α,β-unsaturated/α-hetero) is 1. The third-order valence-corrected chi connectivity index (χ3v) is 12.7. The summed E-state index contributed by atoms with van der Waals surface area (Å²) in [5.74, 6) is -0.345. The van der Waals surface area contributed by atoms with E-state index in [1.807, 2.05) is 19.1 Å². The van der Waals surface area contributed by atoms with Crippen LogP contribution in [-0.4, -0.2) is 38.7 Å². The van der Waals surface area contributed by atoms with Crippen LogP contribution in [0.25, 0.3) is 0 Å². The predicted octanol–water partition coefficient (Wildman–Crippen LogP) is 5.68. The van der Waals surface area contributed by atoms with E-state index in [9.17, 15) is 19.5 Å². The fourth-order valence-electron chi connectivity index (χ4n) is 9.11. The maximum absolute atomic E-state index is 13.5. The first-order chi connectivity index (χ1) is 16.8. The van der Waals surface area contributed by atoms with Crippen LogP contribution in [-0.2, 0) is 14.3 Å². The summed E-state index contributed by atoms with van der Waals surface area (Å²) in [5.41, 5.74) is -0.845. The highest BCUT2D eigenvalue weighted by Crippen LogP contribution is 2.73. The lowest BCUT2D eigenvalue weighted by atomic mass is 9.43. The lowest BCUT2D eigenvalue weighted by Crippen LogP contribution is -2.70. The Bertz CT molecular complexity index is 1150. The second kappa shape index (κ2) is 8.36. The van der Waals surface area contributed by atoms with Gasteiger partial charge < -0.3 is 9.84 Å². The Labute approximate surface area is 222 Å². The topological polar surface area (TPSA) is 80.7 Å². The van der Waals surface area contributed by atoms with E-state index < -0.39 is 27.4 Å². The Hall–Kier alpha value is -1.79. The second-order valence-corrected chi connectivity index (χ2v) is 13.6. The number of allylic oxidation sites excluding steroid dienone is 1. The van der Waals surface area contributed by atoms with Gasteiger partial charge in [-0.1, -0.05) is 67.4 Å². The van der Waals surface area contributed by atoms with Crippen molar-refractivity contribution in [3.63, 3.8) is 0 Å². The van der Waals surface area contributed by atoms with Crippen molar-refractivity contribution in [2.45, 2.75) is 82.8 Å². The van der Waals surface area contributed by atoms with Crippen molar-refractivity contribution >= 4 is 33.5 Å². The number of aliphatic hydroxyl groups is 1. The summed E-state index contributed by atoms with van der Waals surface area (Å²) in [6, 6.07) is 8.82. The fraction of sp³-hybridized carbons (Fsp3) is 0.633. The number of hydrogen-bond acceptors (Lipinski definition) is 5. The first-order valence-corrected chi connectivity index (χ1v) is 14.0. The molecule has 36 heavy (non-hydrogen) atoms. The van der Waals surface area contributed by atoms with Gasteiger partial charge in [0, 0.05) is 23.2 Å². The molecule has 1 N–H and O–H groups in total. The third kappa shape index (κ3) is 3.12. The summed E-state index contributed by atoms with van der Waals surface area (Å²) < 4.78 is 5.68. The number of rotatable bonds is 3. The van der Waals surface area contributed by atoms with Gasteiger partial charge in [0.15, 0.2) is 17.2 Å². The molecule has 5 rings (SSSR count). The molecule has 0 aromatic heterocycles. The lowest BCUT2D eigenvalue weighted by Gasteiger charge is -2.66. The Morgan fingerprint density at radius 2 is 1.75 bits per heavy atom. The largest absolute Gasteiger partial charge is 0.447 e. The molecule has 4 aliphatic carbocycles. The number of fused-ring (bicyclic) bond motifs is 5. The van der Waals surface area contributed by atoms with Crippen LogP contribution in [0.1, 0.15) is 77.1 Å². The van der Waals surface area contributed by atoms with Gasteiger partial charge in [0.25, 0.3) is 0 Å². The van der Waals surface area contributed by atoms with Crippen LogP contribution in [0, 0.1) is 34.5 Å². The van der Waals surface area contributed by atoms with E-state index in [0.29, 0.717) is 24.8 Å². The van der Waals surface area contributed by atoms with Crippen LogP contribution < -0.4 is 0 Å². The van der Waals surface area contributed by atoms with Crippen molar-refractivity contribution < 1.29 is 24.2 Å². The lowest BCUT2D eigenvalue weighted by molar-refractivity contribution is -0.179. The highest BCUT2D eigenvalue weighted by atomic mass is 79.9. The zero-order valence-corrected chi connectivity index (χ0v) is 23.4. The third-order valence-electron chi connectivity index (χ3n) is 10.7. The van der Waals surface area contributed by atoms with Crippen molar-refractivity contribution in [1.82, 2.24) is 0 Å². The number of ketones is 2. The molecule has 6 heteroatoms. The van der Waals surface area contributed by atoms with Gasteiger partial charge in [0.1, 0.15) is 0 Å². The minimum Gasteiger partial charge on any atom is -0.447 e. The van der Waals surface area contributed by atoms with Crippen molar-refractivity contribution in [3.05, 3.63) is 47.5 Å². The number of aliphatic hydroxyl groups excluding tert-OH is 1. The van der Waals surface area contributed by atoms with Crippen LogP contribution >= 0.6 is 15.9 Å². The van der Waals surface area contributed by atoms with Crippen molar-refractivity contribution in [2.24, 2.45) is 34.5 Å². The van der Waals surface area contributed by atoms with E-state index in [2.05, 4.69) is 36.7 Å². The molecular weight excluding hydrogens is 520 g/mol. The van der Waals surface area contributed by atoms with Gasteiger partial charge >= 0.3 is 5.97 Å². The number of carbonyl (C=O) groups excluding carboxylic acids is 3. The van der Waals surface area contributed by atoms with Gasteiger partial charge in [-0.05, 0) is 68.6 Å². The molecule has 4 aliphatic rings. The number of carbonyl (C=O) groups is 3. The molecule has 0 radical (unpaired) electrons. The van der Waals surface area contributed by atoms with E-state index in [0.717, 1.165) is 18.4 Å². The average molecular weight is 558 g/mol. The normalized spacial score (nSPS) is 45.7. The number of alkyl halides is 1. The predicted molar refractivity (Wildman–Crippen MR) is 141 cm³/mol. The highest BCUT2D eigenvalue weighted by Gasteiger charge is 2.76. The minimum absolute atomic E-state index is 0.0655. The van der Waals surface area contributed by atoms with Crippen molar-refractivity contribution in [1.29, 1.82) is 0 Å². The smallest absolute Gasteiger partial charge is 0.339 e. The second-order valence-electron chi connectivity index (χ2n) is 12.3. The molecule has 5 nitrogen and oxygen atoms in total. The standard InChI is InChI=1S/C30H37BrO5/c1-17-13-24-23-14-18(2)30(19(3)32,36-26(35)20-9-7-6-8-10-20)28(23,5)16-25(34)29(24,31)27(4)12-11-21(33)15-22(17)27/h6-10,15,17-18,23-25,34H,11-14,16H2,1-5H3/t17-,18-,23-,24-,25-,27-,28-,29-,30-/m0/s1. The van der Waals surface area contributed by atoms with E-state index >= 15 is 0 Å². The first-order valence-electron chi connectivity index (χ1n) is 13.2. The molecule has 0 spiro atoms. The molecule has 0 heterocycles. The van der Waals surface area contributed by atoms with Crippen LogP contribution in [0.15, 0.2) is 42.0 Å². The molecule has 9 atom stereocenters. The summed E-state index contributed by atoms with van der Waals surface area (Å²) in [6.45, 7) is 9.98. The molecule has 0 aliphatic heterocycles. The Morgan fingerprint density at radius 1 is 1.08 bits per heavy atom. The van der Waals surface area contributed by atoms with Crippen molar-refractivity contribution in [3.8, 4) is 0 Å². The van der Waals surface area contributed by atoms with E-state index in [1.165, 1.54) is 6.92 Å². The van der Waals surface area contributed by atoms with Gasteiger partial charge in [0.05, 0.1) is 16.0 Å². The molecule has 0 saturated heterocycles. The van der Waals surface area contributed by atoms with E-state index in [4.69, 9.17) is 4.74 Å². The number of hydrogen-bond donors (Lipinski definition) is 1. The van der Waals surface area contributed by atoms with Crippen LogP contribution in [0.3, 0.4) is 0 Å². The van der Waals surface area contributed by atoms with E-state index in [1.54, 1.807) is 24.3 Å². The number of benzene rings is 1. The number of ether oxygens (including phenoxy) is 1. The molecule has 0 bridgehead atoms. The molecule has 0 amide bonds. The van der Waals surface area contributed by atoms with Crippen LogP contribution in [0.5, 0.6) is 0 Å². The number of esters is 1. The monoisotopic (exact) mass is 556 g/mol. The van der Waals surface area contributed by atoms with Crippen LogP contribution in [0.4, 0.5) is 0 Å². The minimum atomic E-state index is -1.32. The Balaban J connectivity index is 1.61. The summed E-state index contributed by atoms with van der Waals surface area (Å²) >= 11 is 4.13. The summed E-state index contributed by atoms with van der Waals surface area (Å²) in [6.07, 6.45) is 4.12. The number of halogens is 1. The zero-order valence-electron chi connectivity index (χ0n) is 21.8. The van der Waals surface area contributed by atoms with Crippen molar-refractivity contribution in [2.75, 3.05) is 0 Å². The Morgan fingerprint density at radius 3 is 2.39 bits per heavy atom. The molecule has 3 saturated carbocycles. The van der Waals surface area contributed by atoms with Gasteiger partial charge in [-0.3, -0.25) is 9.59 Å². The quantitative estimate of drug-likeness (QED) is 0.382.